The average molecular weight is 1290 g/mol. The number of nitrogens with zero attached hydrogens (tertiary/aromatic N) is 7. The van der Waals surface area contributed by atoms with Crippen LogP contribution < -0.4 is 21.3 Å². The lowest BCUT2D eigenvalue weighted by molar-refractivity contribution is -0.157. The second-order valence-corrected chi connectivity index (χ2v) is 27.5. The molecule has 1 heterocycles. The Labute approximate surface area is 544 Å². The molecule has 1 saturated heterocycles. The highest BCUT2D eigenvalue weighted by Gasteiger charge is 2.46. The van der Waals surface area contributed by atoms with Gasteiger partial charge >= 0.3 is 0 Å². The minimum absolute atomic E-state index is 0.00658. The van der Waals surface area contributed by atoms with Crippen LogP contribution in [0.3, 0.4) is 0 Å². The van der Waals surface area contributed by atoms with Crippen molar-refractivity contribution in [3.8, 4) is 0 Å². The highest BCUT2D eigenvalue weighted by atomic mass is 16.7. The number of carbonyl (C=O) groups is 11. The van der Waals surface area contributed by atoms with E-state index in [1.807, 2.05) is 41.5 Å². The summed E-state index contributed by atoms with van der Waals surface area (Å²) < 4.78 is 11.5. The normalized spacial score (nSPS) is 26.1. The van der Waals surface area contributed by atoms with Gasteiger partial charge in [-0.15, -0.1) is 0 Å². The molecular formula is C66H119N11O14. The van der Waals surface area contributed by atoms with Gasteiger partial charge in [0.15, 0.2) is 0 Å². The number of hydrogen-bond donors (Lipinski definition) is 5. The number of likely N-dealkylation sites (N-methyl/N-ethyl adjacent to an activating group) is 7. The third-order valence-electron chi connectivity index (χ3n) is 17.1. The van der Waals surface area contributed by atoms with Gasteiger partial charge in [0, 0.05) is 62.4 Å². The fraction of sp³-hybridized carbons (Fsp3) is 0.803. The molecule has 0 spiro atoms. The SMILES string of the molecule is C/C=C/C[C@@H](C)[C@@H](O)[C@H]1C(=O)N[C@@H](CC)C(=O)N(C)CC(=O)N(C)[C@@H](CC(C)(C)OCOCC)C(=O)N[C@H](C(C)C)C(=O)N(C)[C@H](CCC(C)C)C(=O)N[C@H](C)C(=O)N[C@@H](C)C(=O)N(C)[C@@H](CC(C)C)C(=O)N(C)[C@@H](CC(C)C)C(=O)N(C)[C@@H](C(C)C)C(=O)N1C. The number of amides is 11. The van der Waals surface area contributed by atoms with Gasteiger partial charge in [-0.2, -0.15) is 0 Å². The van der Waals surface area contributed by atoms with Gasteiger partial charge in [0.1, 0.15) is 67.2 Å². The first-order valence-electron chi connectivity index (χ1n) is 32.6. The molecule has 11 amide bonds. The van der Waals surface area contributed by atoms with E-state index in [9.17, 15) is 43.5 Å². The molecule has 0 aliphatic carbocycles. The largest absolute Gasteiger partial charge is 0.390 e. The molecule has 1 fully saturated rings. The van der Waals surface area contributed by atoms with E-state index >= 15 is 14.4 Å². The Morgan fingerprint density at radius 1 is 0.549 bits per heavy atom. The number of carbonyl (C=O) groups excluding carboxylic acids is 11. The van der Waals surface area contributed by atoms with Crippen molar-refractivity contribution >= 4 is 65.0 Å². The summed E-state index contributed by atoms with van der Waals surface area (Å²) in [5.41, 5.74) is -1.12. The summed E-state index contributed by atoms with van der Waals surface area (Å²) in [6.45, 7) is 31.0. The van der Waals surface area contributed by atoms with E-state index in [2.05, 4.69) is 21.3 Å². The molecule has 5 N–H and O–H groups in total. The molecule has 0 aromatic rings. The van der Waals surface area contributed by atoms with Gasteiger partial charge in [0.2, 0.25) is 65.0 Å². The summed E-state index contributed by atoms with van der Waals surface area (Å²) in [7, 11) is 9.83. The summed E-state index contributed by atoms with van der Waals surface area (Å²) in [6.07, 6.45) is 3.13. The third kappa shape index (κ3) is 24.3. The highest BCUT2D eigenvalue weighted by Crippen LogP contribution is 2.27. The second kappa shape index (κ2) is 38.1. The minimum Gasteiger partial charge on any atom is -0.390 e. The molecule has 522 valence electrons. The first kappa shape index (κ1) is 82.8. The Balaban J connectivity index is 4.43. The molecular weight excluding hydrogens is 1170 g/mol. The Hall–Kier alpha value is -6.21. The monoisotopic (exact) mass is 1290 g/mol. The number of rotatable bonds is 20. The molecule has 1 aliphatic rings. The van der Waals surface area contributed by atoms with E-state index in [0.29, 0.717) is 19.4 Å². The fourth-order valence-corrected chi connectivity index (χ4v) is 11.1. The first-order chi connectivity index (χ1) is 42.1. The minimum atomic E-state index is -1.64. The lowest BCUT2D eigenvalue weighted by atomic mass is 9.91. The summed E-state index contributed by atoms with van der Waals surface area (Å²) >= 11 is 0. The van der Waals surface area contributed by atoms with Gasteiger partial charge in [0.05, 0.1) is 18.2 Å². The van der Waals surface area contributed by atoms with Crippen LogP contribution in [0.25, 0.3) is 0 Å². The van der Waals surface area contributed by atoms with Crippen LogP contribution in [0.2, 0.25) is 0 Å². The van der Waals surface area contributed by atoms with Crippen molar-refractivity contribution in [1.29, 1.82) is 0 Å². The van der Waals surface area contributed by atoms with Gasteiger partial charge in [-0.25, -0.2) is 0 Å². The molecule has 25 nitrogen and oxygen atoms in total. The zero-order valence-corrected chi connectivity index (χ0v) is 59.9. The molecule has 0 saturated carbocycles. The van der Waals surface area contributed by atoms with Gasteiger partial charge in [-0.3, -0.25) is 52.7 Å². The van der Waals surface area contributed by atoms with Crippen molar-refractivity contribution < 1.29 is 67.3 Å². The Morgan fingerprint density at radius 3 is 1.53 bits per heavy atom. The topological polar surface area (TPSA) is 297 Å². The molecule has 0 aromatic carbocycles. The van der Waals surface area contributed by atoms with Crippen molar-refractivity contribution in [2.75, 3.05) is 69.3 Å². The first-order valence-corrected chi connectivity index (χ1v) is 32.6. The number of ether oxygens (including phenoxy) is 2. The van der Waals surface area contributed by atoms with Crippen LogP contribution in [0.15, 0.2) is 12.2 Å². The molecule has 91 heavy (non-hydrogen) atoms. The summed E-state index contributed by atoms with van der Waals surface area (Å²) in [4.78, 5) is 170. The highest BCUT2D eigenvalue weighted by molar-refractivity contribution is 5.99. The van der Waals surface area contributed by atoms with Crippen LogP contribution in [0, 0.1) is 35.5 Å². The van der Waals surface area contributed by atoms with E-state index in [-0.39, 0.29) is 56.7 Å². The maximum absolute atomic E-state index is 15.2. The van der Waals surface area contributed by atoms with Crippen LogP contribution in [-0.2, 0) is 62.2 Å². The second-order valence-electron chi connectivity index (χ2n) is 27.5. The molecule has 0 unspecified atom stereocenters. The fourth-order valence-electron chi connectivity index (χ4n) is 11.1. The zero-order valence-electron chi connectivity index (χ0n) is 59.9. The molecule has 1 aliphatic heterocycles. The molecule has 1 rings (SSSR count). The van der Waals surface area contributed by atoms with E-state index in [4.69, 9.17) is 9.47 Å². The summed E-state index contributed by atoms with van der Waals surface area (Å²) in [5.74, 6) is -9.81. The smallest absolute Gasteiger partial charge is 0.246 e. The van der Waals surface area contributed by atoms with Crippen LogP contribution in [0.1, 0.15) is 170 Å². The Morgan fingerprint density at radius 2 is 1.04 bits per heavy atom. The molecule has 12 atom stereocenters. The number of allylic oxidation sites excluding steroid dienone is 2. The standard InChI is InChI=1S/C66H119N11O14/c1-26-29-30-43(14)55(79)54-59(83)69-46(27-2)61(85)71(19)36-51(78)72(20)50(35-66(17,18)91-37-90-28-3)58(82)70-52(41(10)11)64(88)73(21)47(32-31-38(4)5)57(81)67-44(15)56(80)68-45(16)60(84)74(22)48(33-39(6)7)62(86)75(23)49(34-40(8)9)63(87)76(24)53(42(12)13)65(89)77(54)25/h26,29,38-50,52-55,79H,27-28,30-37H2,1-25H3,(H,67,81)(H,68,80)(H,69,83)(H,70,82)/b29-26+/t43-,44-,45+,46+,47-,48+,49+,50+,52-,53+,54+,55-/m1/s1. The number of hydrogen-bond acceptors (Lipinski definition) is 14. The van der Waals surface area contributed by atoms with Crippen molar-refractivity contribution in [3.63, 3.8) is 0 Å². The van der Waals surface area contributed by atoms with Crippen LogP contribution in [-0.4, -0.2) is 246 Å². The Bertz CT molecular complexity index is 2470. The van der Waals surface area contributed by atoms with Gasteiger partial charge in [-0.1, -0.05) is 95.2 Å². The maximum Gasteiger partial charge on any atom is 0.246 e. The zero-order chi connectivity index (χ0) is 70.4. The predicted octanol–water partition coefficient (Wildman–Crippen LogP) is 3.79. The average Bonchev–Trinajstić information content (AvgIpc) is 1.10. The summed E-state index contributed by atoms with van der Waals surface area (Å²) in [6, 6.07) is -12.8. The quantitative estimate of drug-likeness (QED) is 0.0659. The van der Waals surface area contributed by atoms with E-state index in [1.54, 1.807) is 81.4 Å². The van der Waals surface area contributed by atoms with Crippen molar-refractivity contribution in [1.82, 2.24) is 55.6 Å². The number of aliphatic hydroxyl groups excluding tert-OH is 1. The third-order valence-corrected chi connectivity index (χ3v) is 17.1. The molecule has 0 aromatic heterocycles. The molecule has 25 heteroatoms. The van der Waals surface area contributed by atoms with Gasteiger partial charge < -0.3 is 70.1 Å². The predicted molar refractivity (Wildman–Crippen MR) is 350 cm³/mol. The number of nitrogens with one attached hydrogen (secondary N) is 4. The lowest BCUT2D eigenvalue weighted by Crippen LogP contribution is -2.63. The summed E-state index contributed by atoms with van der Waals surface area (Å²) in [5, 5.41) is 23.2. The molecule has 0 bridgehead atoms. The molecule has 0 radical (unpaired) electrons. The van der Waals surface area contributed by atoms with Crippen LogP contribution in [0.4, 0.5) is 0 Å². The van der Waals surface area contributed by atoms with Crippen molar-refractivity contribution in [2.45, 2.75) is 242 Å². The van der Waals surface area contributed by atoms with Crippen LogP contribution >= 0.6 is 0 Å². The lowest BCUT2D eigenvalue weighted by Gasteiger charge is -2.41. The van der Waals surface area contributed by atoms with Gasteiger partial charge in [-0.05, 0) is 116 Å². The van der Waals surface area contributed by atoms with Crippen molar-refractivity contribution in [2.24, 2.45) is 35.5 Å². The van der Waals surface area contributed by atoms with E-state index < -0.39 is 161 Å². The van der Waals surface area contributed by atoms with Crippen LogP contribution in [0.5, 0.6) is 0 Å². The van der Waals surface area contributed by atoms with Crippen molar-refractivity contribution in [3.05, 3.63) is 12.2 Å². The van der Waals surface area contributed by atoms with E-state index in [1.165, 1.54) is 82.8 Å². The number of aliphatic hydroxyl groups is 1. The van der Waals surface area contributed by atoms with E-state index in [0.717, 1.165) is 14.7 Å². The van der Waals surface area contributed by atoms with Gasteiger partial charge in [0.25, 0.3) is 0 Å². The Kier molecular flexibility index (Phi) is 34.7. The maximum atomic E-state index is 15.2.